The number of carbonyl (C=O) groups is 1. The molecule has 0 atom stereocenters. The molecule has 20 heavy (non-hydrogen) atoms. The molecule has 1 fully saturated rings. The zero-order valence-electron chi connectivity index (χ0n) is 12.3. The number of likely N-dealkylation sites (tertiary alicyclic amines) is 1. The van der Waals surface area contributed by atoms with Crippen molar-refractivity contribution in [2.45, 2.75) is 39.2 Å². The van der Waals surface area contributed by atoms with Gasteiger partial charge in [0.25, 0.3) is 0 Å². The summed E-state index contributed by atoms with van der Waals surface area (Å²) >= 11 is 3.60. The number of hydrogen-bond donors (Lipinski definition) is 1. The highest BCUT2D eigenvalue weighted by molar-refractivity contribution is 9.10. The van der Waals surface area contributed by atoms with E-state index < -0.39 is 0 Å². The summed E-state index contributed by atoms with van der Waals surface area (Å²) in [5.41, 5.74) is 2.22. The van der Waals surface area contributed by atoms with Crippen LogP contribution in [-0.4, -0.2) is 40.2 Å². The highest BCUT2D eigenvalue weighted by Gasteiger charge is 2.17. The van der Waals surface area contributed by atoms with Crippen LogP contribution in [0.1, 0.15) is 37.6 Å². The molecule has 1 aromatic rings. The van der Waals surface area contributed by atoms with E-state index in [1.807, 2.05) is 16.6 Å². The van der Waals surface area contributed by atoms with Gasteiger partial charge in [-0.15, -0.1) is 0 Å². The lowest BCUT2D eigenvalue weighted by Crippen LogP contribution is -2.30. The normalized spacial score (nSPS) is 15.1. The molecule has 1 aromatic heterocycles. The van der Waals surface area contributed by atoms with Crippen molar-refractivity contribution in [2.75, 3.05) is 19.6 Å². The molecule has 2 heterocycles. The van der Waals surface area contributed by atoms with Gasteiger partial charge in [0.2, 0.25) is 5.91 Å². The Morgan fingerprint density at radius 2 is 2.10 bits per heavy atom. The number of carbonyl (C=O) groups excluding carboxylic acids is 1. The molecule has 0 bridgehead atoms. The van der Waals surface area contributed by atoms with Crippen LogP contribution in [0.2, 0.25) is 0 Å². The molecule has 0 aliphatic carbocycles. The monoisotopic (exact) mass is 342 g/mol. The minimum Gasteiger partial charge on any atom is -0.343 e. The summed E-state index contributed by atoms with van der Waals surface area (Å²) in [6.45, 7) is 5.42. The molecule has 0 spiro atoms. The molecule has 2 rings (SSSR count). The van der Waals surface area contributed by atoms with Crippen LogP contribution in [0.25, 0.3) is 0 Å². The quantitative estimate of drug-likeness (QED) is 0.802. The van der Waals surface area contributed by atoms with Crippen LogP contribution in [0.5, 0.6) is 0 Å². The van der Waals surface area contributed by atoms with Gasteiger partial charge < -0.3 is 10.2 Å². The van der Waals surface area contributed by atoms with Gasteiger partial charge in [-0.2, -0.15) is 5.10 Å². The fourth-order valence-electron chi connectivity index (χ4n) is 2.54. The van der Waals surface area contributed by atoms with Gasteiger partial charge in [0.15, 0.2) is 0 Å². The molecule has 0 unspecified atom stereocenters. The van der Waals surface area contributed by atoms with E-state index in [1.54, 1.807) is 0 Å². The van der Waals surface area contributed by atoms with Crippen LogP contribution in [0.15, 0.2) is 4.47 Å². The van der Waals surface area contributed by atoms with E-state index in [0.717, 1.165) is 54.8 Å². The molecule has 1 saturated heterocycles. The third-order valence-corrected chi connectivity index (χ3v) is 4.69. The fourth-order valence-corrected chi connectivity index (χ4v) is 3.30. The summed E-state index contributed by atoms with van der Waals surface area (Å²) in [4.78, 5) is 13.9. The van der Waals surface area contributed by atoms with Gasteiger partial charge in [0.05, 0.1) is 15.9 Å². The third kappa shape index (κ3) is 3.61. The summed E-state index contributed by atoms with van der Waals surface area (Å²) in [6.07, 6.45) is 3.81. The minimum absolute atomic E-state index is 0.272. The molecule has 5 nitrogen and oxygen atoms in total. The highest BCUT2D eigenvalue weighted by Crippen LogP contribution is 2.21. The number of hydrogen-bond acceptors (Lipinski definition) is 3. The van der Waals surface area contributed by atoms with Crippen molar-refractivity contribution in [2.24, 2.45) is 7.05 Å². The van der Waals surface area contributed by atoms with Gasteiger partial charge in [-0.25, -0.2) is 0 Å². The van der Waals surface area contributed by atoms with Crippen LogP contribution < -0.4 is 5.32 Å². The van der Waals surface area contributed by atoms with Crippen LogP contribution >= 0.6 is 15.9 Å². The second-order valence-electron chi connectivity index (χ2n) is 5.20. The average Bonchev–Trinajstić information content (AvgIpc) is 3.05. The van der Waals surface area contributed by atoms with Crippen molar-refractivity contribution in [3.8, 4) is 0 Å². The Balaban J connectivity index is 1.75. The van der Waals surface area contributed by atoms with E-state index in [1.165, 1.54) is 0 Å². The van der Waals surface area contributed by atoms with E-state index in [-0.39, 0.29) is 5.91 Å². The molecule has 112 valence electrons. The molecule has 1 aliphatic heterocycles. The maximum absolute atomic E-state index is 11.9. The SMILES string of the molecule is CCc1nn(C)c(CNCCC(=O)N2CCCC2)c1Br. The molecule has 0 saturated carbocycles. The molecule has 0 aromatic carbocycles. The molecule has 6 heteroatoms. The van der Waals surface area contributed by atoms with Crippen LogP contribution in [0, 0.1) is 0 Å². The van der Waals surface area contributed by atoms with Gasteiger partial charge in [0, 0.05) is 39.6 Å². The number of rotatable bonds is 6. The number of nitrogens with one attached hydrogen (secondary N) is 1. The van der Waals surface area contributed by atoms with E-state index in [9.17, 15) is 4.79 Å². The Morgan fingerprint density at radius 1 is 1.40 bits per heavy atom. The Morgan fingerprint density at radius 3 is 2.70 bits per heavy atom. The summed E-state index contributed by atoms with van der Waals surface area (Å²) < 4.78 is 2.99. The van der Waals surface area contributed by atoms with Gasteiger partial charge in [-0.3, -0.25) is 9.48 Å². The number of amides is 1. The van der Waals surface area contributed by atoms with Gasteiger partial charge in [0.1, 0.15) is 0 Å². The average molecular weight is 343 g/mol. The third-order valence-electron chi connectivity index (χ3n) is 3.77. The second kappa shape index (κ2) is 7.22. The van der Waals surface area contributed by atoms with Crippen molar-refractivity contribution in [3.05, 3.63) is 15.9 Å². The van der Waals surface area contributed by atoms with Crippen LogP contribution in [0.3, 0.4) is 0 Å². The first-order valence-electron chi connectivity index (χ1n) is 7.32. The smallest absolute Gasteiger partial charge is 0.223 e. The van der Waals surface area contributed by atoms with Crippen molar-refractivity contribution in [3.63, 3.8) is 0 Å². The summed E-state index contributed by atoms with van der Waals surface area (Å²) in [5, 5.41) is 7.80. The predicted molar refractivity (Wildman–Crippen MR) is 82.4 cm³/mol. The van der Waals surface area contributed by atoms with Gasteiger partial charge in [-0.1, -0.05) is 6.92 Å². The lowest BCUT2D eigenvalue weighted by molar-refractivity contribution is -0.130. The fraction of sp³-hybridized carbons (Fsp3) is 0.714. The zero-order valence-corrected chi connectivity index (χ0v) is 13.9. The first kappa shape index (κ1) is 15.5. The van der Waals surface area contributed by atoms with E-state index in [2.05, 4.69) is 33.3 Å². The second-order valence-corrected chi connectivity index (χ2v) is 5.99. The Hall–Kier alpha value is -0.880. The Bertz CT molecular complexity index is 466. The molecular formula is C14H23BrN4O. The van der Waals surface area contributed by atoms with Crippen molar-refractivity contribution >= 4 is 21.8 Å². The highest BCUT2D eigenvalue weighted by atomic mass is 79.9. The first-order valence-corrected chi connectivity index (χ1v) is 8.11. The zero-order chi connectivity index (χ0) is 14.5. The number of halogens is 1. The van der Waals surface area contributed by atoms with Gasteiger partial charge >= 0.3 is 0 Å². The van der Waals surface area contributed by atoms with E-state index >= 15 is 0 Å². The topological polar surface area (TPSA) is 50.2 Å². The predicted octanol–water partition coefficient (Wildman–Crippen LogP) is 1.85. The Labute approximate surface area is 128 Å². The largest absolute Gasteiger partial charge is 0.343 e. The van der Waals surface area contributed by atoms with Gasteiger partial charge in [-0.05, 0) is 35.2 Å². The molecular weight excluding hydrogens is 320 g/mol. The standard InChI is InChI=1S/C14H23BrN4O/c1-3-11-14(15)12(18(2)17-11)10-16-7-6-13(20)19-8-4-5-9-19/h16H,3-10H2,1-2H3. The lowest BCUT2D eigenvalue weighted by atomic mass is 10.3. The maximum Gasteiger partial charge on any atom is 0.223 e. The Kier molecular flexibility index (Phi) is 5.60. The van der Waals surface area contributed by atoms with Crippen molar-refractivity contribution in [1.29, 1.82) is 0 Å². The number of aromatic nitrogens is 2. The number of aryl methyl sites for hydroxylation is 2. The maximum atomic E-state index is 11.9. The van der Waals surface area contributed by atoms with Crippen LogP contribution in [0.4, 0.5) is 0 Å². The van der Waals surface area contributed by atoms with E-state index in [4.69, 9.17) is 0 Å². The van der Waals surface area contributed by atoms with Crippen molar-refractivity contribution < 1.29 is 4.79 Å². The molecule has 0 radical (unpaired) electrons. The number of nitrogens with zero attached hydrogens (tertiary/aromatic N) is 3. The van der Waals surface area contributed by atoms with Crippen molar-refractivity contribution in [1.82, 2.24) is 20.0 Å². The lowest BCUT2D eigenvalue weighted by Gasteiger charge is -2.15. The molecule has 1 aliphatic rings. The molecule has 1 N–H and O–H groups in total. The summed E-state index contributed by atoms with van der Waals surface area (Å²) in [5.74, 6) is 0.272. The summed E-state index contributed by atoms with van der Waals surface area (Å²) in [7, 11) is 1.95. The molecule has 1 amide bonds. The minimum atomic E-state index is 0.272. The summed E-state index contributed by atoms with van der Waals surface area (Å²) in [6, 6.07) is 0. The van der Waals surface area contributed by atoms with Crippen LogP contribution in [-0.2, 0) is 24.8 Å². The van der Waals surface area contributed by atoms with E-state index in [0.29, 0.717) is 13.0 Å². The first-order chi connectivity index (χ1) is 9.63.